The van der Waals surface area contributed by atoms with Crippen molar-refractivity contribution in [3.8, 4) is 44.5 Å². The van der Waals surface area contributed by atoms with Gasteiger partial charge in [-0.05, 0) is 13.8 Å². The van der Waals surface area contributed by atoms with E-state index < -0.39 is 217 Å². The Morgan fingerprint density at radius 2 is 0.582 bits per heavy atom. The van der Waals surface area contributed by atoms with Crippen LogP contribution in [-0.2, 0) is 5.41 Å². The molecule has 10 aromatic carbocycles. The number of benzene rings is 10. The third-order valence-electron chi connectivity index (χ3n) is 12.2. The molecule has 0 saturated carbocycles. The molecule has 2 aliphatic carbocycles. The monoisotopic (exact) mass is 1050 g/mol. The molecule has 0 nitrogen and oxygen atoms in total. The van der Waals surface area contributed by atoms with E-state index in [1.54, 1.807) is 36.4 Å². The molecule has 0 aromatic heterocycles. The molecular formula is C63H46P2Se2. The van der Waals surface area contributed by atoms with Gasteiger partial charge in [0.25, 0.3) is 0 Å². The average molecular weight is 1050 g/mol. The van der Waals surface area contributed by atoms with Gasteiger partial charge in [0, 0.05) is 0 Å². The predicted octanol–water partition coefficient (Wildman–Crippen LogP) is 12.7. The second-order valence-electron chi connectivity index (χ2n) is 15.9. The van der Waals surface area contributed by atoms with E-state index in [-0.39, 0.29) is 22.3 Å². The van der Waals surface area contributed by atoms with E-state index in [1.807, 2.05) is 50.2 Å². The maximum absolute atomic E-state index is 9.90. The summed E-state index contributed by atoms with van der Waals surface area (Å²) in [6, 6.07) is -1.47. The van der Waals surface area contributed by atoms with Gasteiger partial charge in [0.2, 0.25) is 0 Å². The molecular weight excluding hydrogens is 977 g/mol. The Labute approximate surface area is 449 Å². The quantitative estimate of drug-likeness (QED) is 0.105. The summed E-state index contributed by atoms with van der Waals surface area (Å²) in [5.74, 6) is 0. The van der Waals surface area contributed by atoms with Gasteiger partial charge in [-0.25, -0.2) is 0 Å². The Morgan fingerprint density at radius 1 is 0.313 bits per heavy atom. The van der Waals surface area contributed by atoms with Crippen LogP contribution in [0, 0.1) is 13.8 Å². The normalized spacial score (nSPS) is 19.0. The molecule has 0 heterocycles. The molecule has 0 aliphatic heterocycles. The molecule has 0 radical (unpaired) electrons. The molecule has 0 amide bonds. The molecule has 0 N–H and O–H groups in total. The van der Waals surface area contributed by atoms with E-state index >= 15 is 0 Å². The first-order valence-electron chi connectivity index (χ1n) is 34.7. The van der Waals surface area contributed by atoms with Crippen molar-refractivity contribution in [1.82, 2.24) is 0 Å². The van der Waals surface area contributed by atoms with Crippen LogP contribution >= 0.6 is 11.0 Å². The van der Waals surface area contributed by atoms with E-state index in [0.717, 1.165) is 33.4 Å². The number of aryl methyl sites for hydroxylation is 2. The van der Waals surface area contributed by atoms with Crippen molar-refractivity contribution in [2.45, 2.75) is 19.3 Å². The molecule has 1 spiro atoms. The number of rotatable bonds is 8. The summed E-state index contributed by atoms with van der Waals surface area (Å²) in [5, 5.41) is -3.71. The third kappa shape index (κ3) is 6.69. The van der Waals surface area contributed by atoms with Crippen molar-refractivity contribution in [2.75, 3.05) is 0 Å². The molecule has 0 saturated heterocycles. The second-order valence-corrected chi connectivity index (χ2v) is 27.9. The van der Waals surface area contributed by atoms with Gasteiger partial charge < -0.3 is 0 Å². The topological polar surface area (TPSA) is 0 Å². The average Bonchev–Trinajstić information content (AvgIpc) is 1.56. The van der Waals surface area contributed by atoms with Gasteiger partial charge in [-0.15, -0.1) is 0 Å². The van der Waals surface area contributed by atoms with E-state index in [1.165, 1.54) is 0 Å². The summed E-state index contributed by atoms with van der Waals surface area (Å²) in [4.78, 5) is 0. The van der Waals surface area contributed by atoms with Crippen molar-refractivity contribution in [2.24, 2.45) is 0 Å². The fraction of sp³-hybridized carbons (Fsp3) is 0.0476. The van der Waals surface area contributed by atoms with Crippen molar-refractivity contribution < 1.29 is 38.4 Å². The van der Waals surface area contributed by atoms with Crippen LogP contribution in [0.4, 0.5) is 0 Å². The van der Waals surface area contributed by atoms with Crippen molar-refractivity contribution in [3.63, 3.8) is 0 Å². The first-order valence-corrected chi connectivity index (χ1v) is 28.7. The molecule has 0 fully saturated rings. The molecule has 10 aromatic rings. The SMILES string of the molecule is [2H]c1c([2H])c([2H])c(P(=[Se])(c2c([2H])c([2H])c([2H])c([2H])c2[2H])c2c([2H])c([2H])c(-c3ccc4c(c3)C3(c5cc(C)ccc5-c5ccc(C)cc53)c3cc(-c5c([2H])c([2H])c(P(=[Se])(c6c([2H])c([2H])c([2H])c([2H])c6[2H])c6c([2H])c([2H])c([2H])c([2H])c6[2H])c([2H])c5[2H])ccc3-4)c([2H])c2[2H])c([2H])c1[2H]. The minimum atomic E-state index is -4.58. The van der Waals surface area contributed by atoms with Gasteiger partial charge in [0.05, 0.1) is 0 Å². The van der Waals surface area contributed by atoms with Gasteiger partial charge in [0.1, 0.15) is 0 Å². The van der Waals surface area contributed by atoms with Crippen LogP contribution in [-0.4, -0.2) is 30.2 Å². The zero-order chi connectivity index (χ0) is 69.7. The summed E-state index contributed by atoms with van der Waals surface area (Å²) in [6.07, 6.45) is 0. The van der Waals surface area contributed by atoms with Gasteiger partial charge in [-0.1, -0.05) is 12.1 Å². The summed E-state index contributed by atoms with van der Waals surface area (Å²) in [7, 11) is 0. The van der Waals surface area contributed by atoms with Gasteiger partial charge in [-0.3, -0.25) is 0 Å². The molecule has 12 rings (SSSR count). The van der Waals surface area contributed by atoms with Crippen LogP contribution in [0.5, 0.6) is 0 Å². The minimum absolute atomic E-state index is 0.126. The Kier molecular flexibility index (Phi) is 5.49. The Bertz CT molecular complexity index is 4710. The van der Waals surface area contributed by atoms with Crippen molar-refractivity contribution in [3.05, 3.63) is 275 Å². The number of hydrogen-bond acceptors (Lipinski definition) is 0. The van der Waals surface area contributed by atoms with Crippen LogP contribution in [0.3, 0.4) is 0 Å². The Morgan fingerprint density at radius 3 is 0.896 bits per heavy atom. The molecule has 0 atom stereocenters. The van der Waals surface area contributed by atoms with Crippen molar-refractivity contribution in [1.29, 1.82) is 0 Å². The molecule has 320 valence electrons. The number of fused-ring (bicyclic) bond motifs is 10. The van der Waals surface area contributed by atoms with E-state index in [0.29, 0.717) is 22.3 Å². The van der Waals surface area contributed by atoms with Crippen LogP contribution in [0.1, 0.15) is 71.8 Å². The Hall–Kier alpha value is -5.90. The zero-order valence-electron chi connectivity index (χ0n) is 63.1. The van der Waals surface area contributed by atoms with E-state index in [9.17, 15) is 11.0 Å². The van der Waals surface area contributed by atoms with Crippen LogP contribution < -0.4 is 31.8 Å². The molecule has 67 heavy (non-hydrogen) atoms. The number of hydrogen-bond donors (Lipinski definition) is 0. The Balaban J connectivity index is 1.13. The van der Waals surface area contributed by atoms with Crippen LogP contribution in [0.25, 0.3) is 44.5 Å². The van der Waals surface area contributed by atoms with Gasteiger partial charge in [-0.2, -0.15) is 0 Å². The molecule has 2 aliphatic rings. The first kappa shape index (κ1) is 22.0. The van der Waals surface area contributed by atoms with E-state index in [2.05, 4.69) is 30.2 Å². The van der Waals surface area contributed by atoms with Gasteiger partial charge >= 0.3 is 425 Å². The maximum atomic E-state index is 9.90. The third-order valence-corrected chi connectivity index (χ3v) is 24.2. The summed E-state index contributed by atoms with van der Waals surface area (Å²) in [5.41, 5.74) is -3.84. The van der Waals surface area contributed by atoms with Gasteiger partial charge in [0.15, 0.2) is 0 Å². The fourth-order valence-corrected chi connectivity index (χ4v) is 16.6. The second kappa shape index (κ2) is 16.7. The van der Waals surface area contributed by atoms with E-state index in [4.69, 9.17) is 27.4 Å². The standard InChI is InChI=1S/C63H46P2Se2/c1-43-23-35-55-56-36-24-44(2)40-60(56)63(59(55)39-43)61-41-47(45-25-31-53(32-26-45)64(66,49-15-7-3-8-16-49)50-17-9-4-10-18-50)29-37-57(61)58-38-30-48(42-62(58)63)46-27-33-54(34-28-46)65(67,51-19-11-5-12-20-51)52-21-13-6-14-22-52/h3-42H,1-2H3/i3D,4D,5D,6D,7D,8D,9D,10D,11D,12D,13D,14D,15D,16D,17D,18D,19D,20D,21D,22D,25D,26D,27D,28D,31D,32D,33D,34D. The summed E-state index contributed by atoms with van der Waals surface area (Å²) >= 11 is 5.56. The summed E-state index contributed by atoms with van der Waals surface area (Å²) in [6.45, 7) is 3.79. The zero-order valence-corrected chi connectivity index (χ0v) is 40.4. The molecule has 0 bridgehead atoms. The van der Waals surface area contributed by atoms with Crippen LogP contribution in [0.2, 0.25) is 0 Å². The van der Waals surface area contributed by atoms with Crippen LogP contribution in [0.15, 0.2) is 242 Å². The van der Waals surface area contributed by atoms with Crippen molar-refractivity contribution >= 4 is 73.0 Å². The summed E-state index contributed by atoms with van der Waals surface area (Å²) < 4.78 is 256. The molecule has 0 unspecified atom stereocenters. The fourth-order valence-electron chi connectivity index (χ4n) is 9.26. The molecule has 4 heteroatoms. The predicted molar refractivity (Wildman–Crippen MR) is 292 cm³/mol. The first-order chi connectivity index (χ1) is 44.4.